The molecule has 4 heteroatoms. The lowest BCUT2D eigenvalue weighted by molar-refractivity contribution is -0.136. The Morgan fingerprint density at radius 1 is 0.786 bits per heavy atom. The van der Waals surface area contributed by atoms with Crippen LogP contribution in [0.4, 0.5) is 0 Å². The predicted molar refractivity (Wildman–Crippen MR) is 110 cm³/mol. The molecule has 2 fully saturated rings. The summed E-state index contributed by atoms with van der Waals surface area (Å²) >= 11 is 0. The topological polar surface area (TPSA) is 40.6 Å². The number of nitrogens with zero attached hydrogens (tertiary/aromatic N) is 2. The van der Waals surface area contributed by atoms with Gasteiger partial charge in [-0.15, -0.1) is 0 Å². The van der Waals surface area contributed by atoms with Crippen LogP contribution in [0.2, 0.25) is 0 Å². The number of carbonyl (C=O) groups excluding carboxylic acids is 2. The first-order valence-corrected chi connectivity index (χ1v) is 10.4. The minimum absolute atomic E-state index is 0.0527. The summed E-state index contributed by atoms with van der Waals surface area (Å²) in [5.41, 5.74) is 1.86. The Bertz CT molecular complexity index is 792. The van der Waals surface area contributed by atoms with E-state index < -0.39 is 0 Å². The number of amides is 1. The van der Waals surface area contributed by atoms with Gasteiger partial charge in [0.15, 0.2) is 5.78 Å². The third kappa shape index (κ3) is 4.02. The number of ketones is 1. The molecule has 2 aromatic carbocycles. The SMILES string of the molecule is O=C(c1ccccc1)C1CCN(C(C(=O)N2CCCC2)c2ccccc2)CC1. The molecule has 28 heavy (non-hydrogen) atoms. The standard InChI is InChI=1S/C24H28N2O2/c27-23(20-11-5-2-6-12-20)21-13-17-25(18-14-21)22(19-9-3-1-4-10-19)24(28)26-15-7-8-16-26/h1-6,9-12,21-22H,7-8,13-18H2. The van der Waals surface area contributed by atoms with Gasteiger partial charge in [-0.2, -0.15) is 0 Å². The lowest BCUT2D eigenvalue weighted by Crippen LogP contribution is -2.46. The van der Waals surface area contributed by atoms with Crippen LogP contribution in [-0.4, -0.2) is 47.7 Å². The maximum absolute atomic E-state index is 13.3. The monoisotopic (exact) mass is 376 g/mol. The van der Waals surface area contributed by atoms with Crippen LogP contribution in [0.5, 0.6) is 0 Å². The molecule has 4 rings (SSSR count). The number of carbonyl (C=O) groups is 2. The molecular weight excluding hydrogens is 348 g/mol. The molecule has 2 aromatic rings. The molecule has 0 bridgehead atoms. The van der Waals surface area contributed by atoms with Gasteiger partial charge in [-0.05, 0) is 44.3 Å². The van der Waals surface area contributed by atoms with Crippen molar-refractivity contribution in [1.29, 1.82) is 0 Å². The van der Waals surface area contributed by atoms with Crippen LogP contribution in [0.15, 0.2) is 60.7 Å². The highest BCUT2D eigenvalue weighted by Crippen LogP contribution is 2.31. The van der Waals surface area contributed by atoms with E-state index in [1.807, 2.05) is 53.4 Å². The normalized spacial score (nSPS) is 19.5. The fraction of sp³-hybridized carbons (Fsp3) is 0.417. The van der Waals surface area contributed by atoms with Crippen molar-refractivity contribution in [3.05, 3.63) is 71.8 Å². The summed E-state index contributed by atoms with van der Waals surface area (Å²) in [5, 5.41) is 0. The largest absolute Gasteiger partial charge is 0.341 e. The van der Waals surface area contributed by atoms with Crippen molar-refractivity contribution in [1.82, 2.24) is 9.80 Å². The molecule has 0 N–H and O–H groups in total. The van der Waals surface area contributed by atoms with E-state index in [4.69, 9.17) is 0 Å². The molecule has 4 nitrogen and oxygen atoms in total. The van der Waals surface area contributed by atoms with E-state index in [9.17, 15) is 9.59 Å². The van der Waals surface area contributed by atoms with Crippen LogP contribution in [0.1, 0.15) is 47.6 Å². The van der Waals surface area contributed by atoms with E-state index in [1.54, 1.807) is 0 Å². The molecule has 0 aromatic heterocycles. The molecule has 0 radical (unpaired) electrons. The minimum atomic E-state index is -0.230. The molecular formula is C24H28N2O2. The smallest absolute Gasteiger partial charge is 0.244 e. The third-order valence-electron chi connectivity index (χ3n) is 6.09. The molecule has 0 spiro atoms. The first-order chi connectivity index (χ1) is 13.7. The summed E-state index contributed by atoms with van der Waals surface area (Å²) in [7, 11) is 0. The second kappa shape index (κ2) is 8.70. The van der Waals surface area contributed by atoms with Gasteiger partial charge < -0.3 is 4.90 Å². The summed E-state index contributed by atoms with van der Waals surface area (Å²) in [5.74, 6) is 0.510. The fourth-order valence-corrected chi connectivity index (χ4v) is 4.51. The quantitative estimate of drug-likeness (QED) is 0.742. The molecule has 2 aliphatic heterocycles. The zero-order valence-corrected chi connectivity index (χ0v) is 16.3. The third-order valence-corrected chi connectivity index (χ3v) is 6.09. The second-order valence-corrected chi connectivity index (χ2v) is 7.89. The molecule has 2 aliphatic rings. The summed E-state index contributed by atoms with van der Waals surface area (Å²) in [6.45, 7) is 3.29. The summed E-state index contributed by atoms with van der Waals surface area (Å²) in [6.07, 6.45) is 3.82. The van der Waals surface area contributed by atoms with Gasteiger partial charge in [-0.25, -0.2) is 0 Å². The Balaban J connectivity index is 1.48. The first kappa shape index (κ1) is 18.9. The number of Topliss-reactive ketones (excluding diaryl/α,β-unsaturated/α-hetero) is 1. The second-order valence-electron chi connectivity index (χ2n) is 7.89. The van der Waals surface area contributed by atoms with Crippen molar-refractivity contribution < 1.29 is 9.59 Å². The van der Waals surface area contributed by atoms with Gasteiger partial charge in [0.2, 0.25) is 5.91 Å². The van der Waals surface area contributed by atoms with Gasteiger partial charge in [-0.3, -0.25) is 14.5 Å². The lowest BCUT2D eigenvalue weighted by Gasteiger charge is -2.38. The van der Waals surface area contributed by atoms with Crippen LogP contribution < -0.4 is 0 Å². The molecule has 0 aliphatic carbocycles. The Kier molecular flexibility index (Phi) is 5.87. The first-order valence-electron chi connectivity index (χ1n) is 10.4. The van der Waals surface area contributed by atoms with Crippen LogP contribution in [-0.2, 0) is 4.79 Å². The molecule has 1 amide bonds. The number of hydrogen-bond donors (Lipinski definition) is 0. The Labute approximate surface area is 167 Å². The number of piperidine rings is 1. The van der Waals surface area contributed by atoms with Crippen molar-refractivity contribution in [2.75, 3.05) is 26.2 Å². The van der Waals surface area contributed by atoms with Gasteiger partial charge in [0.25, 0.3) is 0 Å². The van der Waals surface area contributed by atoms with Gasteiger partial charge in [0.1, 0.15) is 6.04 Å². The van der Waals surface area contributed by atoms with E-state index >= 15 is 0 Å². The highest BCUT2D eigenvalue weighted by molar-refractivity contribution is 5.97. The number of likely N-dealkylation sites (tertiary alicyclic amines) is 2. The van der Waals surface area contributed by atoms with Gasteiger partial charge in [0.05, 0.1) is 0 Å². The Hall–Kier alpha value is -2.46. The zero-order chi connectivity index (χ0) is 19.3. The van der Waals surface area contributed by atoms with E-state index in [0.29, 0.717) is 0 Å². The minimum Gasteiger partial charge on any atom is -0.341 e. The van der Waals surface area contributed by atoms with Crippen LogP contribution in [0.3, 0.4) is 0 Å². The van der Waals surface area contributed by atoms with Crippen molar-refractivity contribution >= 4 is 11.7 Å². The van der Waals surface area contributed by atoms with Crippen molar-refractivity contribution in [2.24, 2.45) is 5.92 Å². The van der Waals surface area contributed by atoms with Gasteiger partial charge >= 0.3 is 0 Å². The van der Waals surface area contributed by atoms with Crippen molar-refractivity contribution in [3.63, 3.8) is 0 Å². The van der Waals surface area contributed by atoms with Crippen LogP contribution >= 0.6 is 0 Å². The molecule has 2 heterocycles. The Morgan fingerprint density at radius 3 is 1.96 bits per heavy atom. The van der Waals surface area contributed by atoms with E-state index in [0.717, 1.165) is 63.0 Å². The van der Waals surface area contributed by atoms with Gasteiger partial charge in [-0.1, -0.05) is 60.7 Å². The highest BCUT2D eigenvalue weighted by Gasteiger charge is 2.35. The average molecular weight is 377 g/mol. The van der Waals surface area contributed by atoms with E-state index in [1.165, 1.54) is 0 Å². The van der Waals surface area contributed by atoms with E-state index in [2.05, 4.69) is 17.0 Å². The zero-order valence-electron chi connectivity index (χ0n) is 16.3. The summed E-state index contributed by atoms with van der Waals surface area (Å²) < 4.78 is 0. The maximum atomic E-state index is 13.3. The lowest BCUT2D eigenvalue weighted by atomic mass is 9.87. The number of rotatable bonds is 5. The molecule has 1 unspecified atom stereocenters. The number of hydrogen-bond acceptors (Lipinski definition) is 3. The van der Waals surface area contributed by atoms with Crippen molar-refractivity contribution in [2.45, 2.75) is 31.7 Å². The average Bonchev–Trinajstić information content (AvgIpc) is 3.30. The highest BCUT2D eigenvalue weighted by atomic mass is 16.2. The predicted octanol–water partition coefficient (Wildman–Crippen LogP) is 3.95. The molecule has 0 saturated carbocycles. The number of benzene rings is 2. The molecule has 146 valence electrons. The van der Waals surface area contributed by atoms with Crippen molar-refractivity contribution in [3.8, 4) is 0 Å². The Morgan fingerprint density at radius 2 is 1.36 bits per heavy atom. The molecule has 1 atom stereocenters. The summed E-state index contributed by atoms with van der Waals surface area (Å²) in [4.78, 5) is 30.4. The fourth-order valence-electron chi connectivity index (χ4n) is 4.51. The van der Waals surface area contributed by atoms with Crippen LogP contribution in [0.25, 0.3) is 0 Å². The molecule has 2 saturated heterocycles. The maximum Gasteiger partial charge on any atom is 0.244 e. The van der Waals surface area contributed by atoms with Gasteiger partial charge in [0, 0.05) is 24.6 Å². The summed E-state index contributed by atoms with van der Waals surface area (Å²) in [6, 6.07) is 19.5. The van der Waals surface area contributed by atoms with E-state index in [-0.39, 0.29) is 23.7 Å². The van der Waals surface area contributed by atoms with Crippen LogP contribution in [0, 0.1) is 5.92 Å².